The summed E-state index contributed by atoms with van der Waals surface area (Å²) in [5.41, 5.74) is -0.977. The van der Waals surface area contributed by atoms with Crippen LogP contribution in [0, 0.1) is 16.7 Å². The third-order valence-corrected chi connectivity index (χ3v) is 7.34. The van der Waals surface area contributed by atoms with Crippen LogP contribution in [0.5, 0.6) is 5.75 Å². The number of sulfone groups is 1. The largest absolute Gasteiger partial charge is 0.492 e. The van der Waals surface area contributed by atoms with E-state index in [0.717, 1.165) is 25.1 Å². The second kappa shape index (κ2) is 7.48. The third kappa shape index (κ3) is 3.90. The Kier molecular flexibility index (Phi) is 5.16. The summed E-state index contributed by atoms with van der Waals surface area (Å²) in [6.45, 7) is 1.66. The number of imidazole rings is 1. The van der Waals surface area contributed by atoms with E-state index in [-0.39, 0.29) is 34.2 Å². The van der Waals surface area contributed by atoms with E-state index >= 15 is 0 Å². The van der Waals surface area contributed by atoms with Gasteiger partial charge in [0.1, 0.15) is 23.9 Å². The van der Waals surface area contributed by atoms with Gasteiger partial charge in [-0.1, -0.05) is 6.92 Å². The Balaban J connectivity index is 1.81. The average molecular weight is 464 g/mol. The number of ether oxygens (including phenoxy) is 1. The standard InChI is InChI=1S/C21H19F3N4O3S/c1-3-32(29,30)17-8-13(31-12-20(11-25)6-7-20)4-5-14(17)19-27-15-9-18(21(22,23)24)26-10-16(15)28(19)2/h4-5,8-10H,3,6-7,12H2,1-2H3. The Bertz CT molecular complexity index is 1350. The summed E-state index contributed by atoms with van der Waals surface area (Å²) in [6.07, 6.45) is -2.09. The van der Waals surface area contributed by atoms with Gasteiger partial charge in [0.2, 0.25) is 0 Å². The van der Waals surface area contributed by atoms with Crippen molar-refractivity contribution in [2.45, 2.75) is 30.8 Å². The molecule has 11 heteroatoms. The van der Waals surface area contributed by atoms with Gasteiger partial charge in [0.15, 0.2) is 9.84 Å². The molecule has 1 aliphatic rings. The summed E-state index contributed by atoms with van der Waals surface area (Å²) < 4.78 is 71.9. The predicted octanol–water partition coefficient (Wildman–Crippen LogP) is 4.13. The van der Waals surface area contributed by atoms with Gasteiger partial charge < -0.3 is 9.30 Å². The molecule has 2 aromatic heterocycles. The highest BCUT2D eigenvalue weighted by Gasteiger charge is 2.44. The molecule has 168 valence electrons. The van der Waals surface area contributed by atoms with Crippen LogP contribution in [0.2, 0.25) is 0 Å². The molecular weight excluding hydrogens is 445 g/mol. The zero-order valence-electron chi connectivity index (χ0n) is 17.3. The first-order valence-electron chi connectivity index (χ1n) is 9.80. The molecule has 1 aliphatic carbocycles. The molecule has 0 saturated heterocycles. The van der Waals surface area contributed by atoms with Gasteiger partial charge in [0.25, 0.3) is 0 Å². The summed E-state index contributed by atoms with van der Waals surface area (Å²) in [7, 11) is -2.14. The Morgan fingerprint density at radius 2 is 2.00 bits per heavy atom. The highest BCUT2D eigenvalue weighted by molar-refractivity contribution is 7.91. The molecule has 0 radical (unpaired) electrons. The van der Waals surface area contributed by atoms with E-state index in [1.165, 1.54) is 23.6 Å². The molecule has 0 N–H and O–H groups in total. The van der Waals surface area contributed by atoms with Gasteiger partial charge in [0, 0.05) is 12.6 Å². The quantitative estimate of drug-likeness (QED) is 0.544. The van der Waals surface area contributed by atoms with Gasteiger partial charge in [-0.05, 0) is 37.1 Å². The fourth-order valence-electron chi connectivity index (χ4n) is 3.34. The summed E-state index contributed by atoms with van der Waals surface area (Å²) in [5, 5.41) is 9.21. The Hall–Kier alpha value is -3.13. The first-order valence-corrected chi connectivity index (χ1v) is 11.5. The van der Waals surface area contributed by atoms with Crippen LogP contribution in [-0.4, -0.2) is 35.3 Å². The molecule has 3 aromatic rings. The van der Waals surface area contributed by atoms with Crippen molar-refractivity contribution in [3.63, 3.8) is 0 Å². The van der Waals surface area contributed by atoms with Crippen LogP contribution in [0.1, 0.15) is 25.5 Å². The van der Waals surface area contributed by atoms with E-state index in [9.17, 15) is 26.9 Å². The normalized spacial score (nSPS) is 15.5. The molecule has 7 nitrogen and oxygen atoms in total. The van der Waals surface area contributed by atoms with E-state index in [0.29, 0.717) is 11.3 Å². The molecular formula is C21H19F3N4O3S. The Morgan fingerprint density at radius 3 is 2.59 bits per heavy atom. The Morgan fingerprint density at radius 1 is 1.28 bits per heavy atom. The highest BCUT2D eigenvalue weighted by Crippen LogP contribution is 2.45. The summed E-state index contributed by atoms with van der Waals surface area (Å²) in [6, 6.07) is 7.50. The number of nitriles is 1. The number of aromatic nitrogens is 3. The number of pyridine rings is 1. The van der Waals surface area contributed by atoms with Gasteiger partial charge in [0.05, 0.1) is 39.4 Å². The maximum absolute atomic E-state index is 13.0. The Labute approximate surface area is 182 Å². The monoisotopic (exact) mass is 464 g/mol. The van der Waals surface area contributed by atoms with Crippen molar-refractivity contribution in [2.75, 3.05) is 12.4 Å². The van der Waals surface area contributed by atoms with Crippen molar-refractivity contribution in [3.05, 3.63) is 36.2 Å². The molecule has 0 unspecified atom stereocenters. The molecule has 0 aliphatic heterocycles. The van der Waals surface area contributed by atoms with Crippen molar-refractivity contribution < 1.29 is 26.3 Å². The lowest BCUT2D eigenvalue weighted by Gasteiger charge is -2.14. The number of hydrogen-bond acceptors (Lipinski definition) is 6. The predicted molar refractivity (Wildman–Crippen MR) is 109 cm³/mol. The molecule has 0 amide bonds. The number of hydrogen-bond donors (Lipinski definition) is 0. The first-order chi connectivity index (χ1) is 15.0. The molecule has 32 heavy (non-hydrogen) atoms. The van der Waals surface area contributed by atoms with Gasteiger partial charge in [-0.15, -0.1) is 0 Å². The molecule has 1 aromatic carbocycles. The minimum Gasteiger partial charge on any atom is -0.492 e. The number of alkyl halides is 3. The molecule has 1 fully saturated rings. The summed E-state index contributed by atoms with van der Waals surface area (Å²) in [5.74, 6) is 0.299. The van der Waals surface area contributed by atoms with Crippen LogP contribution in [0.4, 0.5) is 13.2 Å². The second-order valence-corrected chi connectivity index (χ2v) is 10.0. The van der Waals surface area contributed by atoms with Gasteiger partial charge in [-0.2, -0.15) is 18.4 Å². The smallest absolute Gasteiger partial charge is 0.433 e. The van der Waals surface area contributed by atoms with E-state index in [1.807, 2.05) is 0 Å². The van der Waals surface area contributed by atoms with Crippen LogP contribution < -0.4 is 4.74 Å². The first kappa shape index (κ1) is 22.1. The van der Waals surface area contributed by atoms with Crippen LogP contribution in [0.3, 0.4) is 0 Å². The zero-order valence-corrected chi connectivity index (χ0v) is 18.1. The molecule has 0 atom stereocenters. The third-order valence-electron chi connectivity index (χ3n) is 5.57. The lowest BCUT2D eigenvalue weighted by Crippen LogP contribution is -2.12. The number of aryl methyl sites for hydroxylation is 1. The van der Waals surface area contributed by atoms with E-state index < -0.39 is 27.1 Å². The molecule has 0 bridgehead atoms. The lowest BCUT2D eigenvalue weighted by molar-refractivity contribution is -0.141. The number of nitrogens with zero attached hydrogens (tertiary/aromatic N) is 4. The van der Waals surface area contributed by atoms with Gasteiger partial charge in [-0.25, -0.2) is 18.4 Å². The molecule has 4 rings (SSSR count). The van der Waals surface area contributed by atoms with Crippen molar-refractivity contribution in [2.24, 2.45) is 12.5 Å². The number of benzene rings is 1. The SMILES string of the molecule is CCS(=O)(=O)c1cc(OCC2(C#N)CC2)ccc1-c1nc2cc(C(F)(F)F)ncc2n1C. The van der Waals surface area contributed by atoms with E-state index in [4.69, 9.17) is 4.74 Å². The summed E-state index contributed by atoms with van der Waals surface area (Å²) in [4.78, 5) is 7.70. The van der Waals surface area contributed by atoms with Crippen molar-refractivity contribution in [3.8, 4) is 23.2 Å². The van der Waals surface area contributed by atoms with Crippen LogP contribution in [-0.2, 0) is 23.1 Å². The molecule has 1 saturated carbocycles. The van der Waals surface area contributed by atoms with E-state index in [2.05, 4.69) is 16.0 Å². The average Bonchev–Trinajstić information content (AvgIpc) is 3.48. The highest BCUT2D eigenvalue weighted by atomic mass is 32.2. The molecule has 0 spiro atoms. The topological polar surface area (TPSA) is 97.9 Å². The number of rotatable bonds is 6. The van der Waals surface area contributed by atoms with Crippen LogP contribution >= 0.6 is 0 Å². The van der Waals surface area contributed by atoms with Crippen LogP contribution in [0.25, 0.3) is 22.4 Å². The fraction of sp³-hybridized carbons (Fsp3) is 0.381. The van der Waals surface area contributed by atoms with Gasteiger partial charge >= 0.3 is 6.18 Å². The number of fused-ring (bicyclic) bond motifs is 1. The van der Waals surface area contributed by atoms with Crippen molar-refractivity contribution >= 4 is 20.9 Å². The summed E-state index contributed by atoms with van der Waals surface area (Å²) >= 11 is 0. The van der Waals surface area contributed by atoms with Crippen LogP contribution in [0.15, 0.2) is 35.4 Å². The fourth-order valence-corrected chi connectivity index (χ4v) is 4.44. The zero-order chi connectivity index (χ0) is 23.3. The van der Waals surface area contributed by atoms with Gasteiger partial charge in [-0.3, -0.25) is 0 Å². The minimum atomic E-state index is -4.62. The minimum absolute atomic E-state index is 0.0401. The molecule has 2 heterocycles. The van der Waals surface area contributed by atoms with E-state index in [1.54, 1.807) is 13.1 Å². The maximum atomic E-state index is 13.0. The number of halogens is 3. The maximum Gasteiger partial charge on any atom is 0.433 e. The lowest BCUT2D eigenvalue weighted by atomic mass is 10.1. The second-order valence-electron chi connectivity index (χ2n) is 7.79. The van der Waals surface area contributed by atoms with Crippen molar-refractivity contribution in [1.82, 2.24) is 14.5 Å². The van der Waals surface area contributed by atoms with Crippen molar-refractivity contribution in [1.29, 1.82) is 5.26 Å².